The summed E-state index contributed by atoms with van der Waals surface area (Å²) in [5, 5.41) is 15.0. The van der Waals surface area contributed by atoms with Gasteiger partial charge < -0.3 is 0 Å². The molecule has 14 aromatic carbocycles. The van der Waals surface area contributed by atoms with E-state index in [-0.39, 0.29) is 0 Å². The fourth-order valence-corrected chi connectivity index (χ4v) is 16.1. The predicted octanol–water partition coefficient (Wildman–Crippen LogP) is 17.0. The number of hydrogen-bond donors (Lipinski definition) is 0. The second kappa shape index (κ2) is 17.5. The fraction of sp³-hybridized carbons (Fsp3) is 0. The summed E-state index contributed by atoms with van der Waals surface area (Å²) in [6.45, 7) is 0. The maximum absolute atomic E-state index is 2.54. The quantitative estimate of drug-likeness (QED) is 0.115. The second-order valence-corrected chi connectivity index (χ2v) is 23.6. The van der Waals surface area contributed by atoms with E-state index in [0.29, 0.717) is 0 Å². The van der Waals surface area contributed by atoms with Gasteiger partial charge in [-0.15, -0.1) is 0 Å². The van der Waals surface area contributed by atoms with Crippen molar-refractivity contribution in [1.82, 2.24) is 0 Å². The van der Waals surface area contributed by atoms with E-state index in [4.69, 9.17) is 0 Å². The molecule has 0 unspecified atom stereocenters. The van der Waals surface area contributed by atoms with E-state index in [1.54, 1.807) is 0 Å². The van der Waals surface area contributed by atoms with Crippen LogP contribution in [-0.2, 0) is 0 Å². The molecule has 1 aliphatic rings. The first-order valence-electron chi connectivity index (χ1n) is 25.5. The molecular formula is C72H43Ge2. The third-order valence-electron chi connectivity index (χ3n) is 15.7. The van der Waals surface area contributed by atoms with Crippen LogP contribution >= 0.6 is 0 Å². The van der Waals surface area contributed by atoms with Crippen LogP contribution in [0.2, 0.25) is 0 Å². The molecule has 15 rings (SSSR count). The molecule has 0 N–H and O–H groups in total. The summed E-state index contributed by atoms with van der Waals surface area (Å²) in [5.41, 5.74) is 17.8. The van der Waals surface area contributed by atoms with Gasteiger partial charge in [-0.3, -0.25) is 0 Å². The topological polar surface area (TPSA) is 0 Å². The van der Waals surface area contributed by atoms with Gasteiger partial charge in [-0.05, 0) is 21.5 Å². The summed E-state index contributed by atoms with van der Waals surface area (Å²) < 4.78 is 4.32. The Morgan fingerprint density at radius 2 is 0.608 bits per heavy atom. The molecule has 0 spiro atoms. The van der Waals surface area contributed by atoms with Gasteiger partial charge in [0.25, 0.3) is 0 Å². The molecule has 74 heavy (non-hydrogen) atoms. The summed E-state index contributed by atoms with van der Waals surface area (Å²) in [6, 6.07) is 98.6. The summed E-state index contributed by atoms with van der Waals surface area (Å²) in [5.74, 6) is 0. The molecule has 1 aliphatic heterocycles. The summed E-state index contributed by atoms with van der Waals surface area (Å²) in [4.78, 5) is 0. The molecule has 0 amide bonds. The van der Waals surface area contributed by atoms with E-state index >= 15 is 0 Å². The Kier molecular flexibility index (Phi) is 10.2. The van der Waals surface area contributed by atoms with Gasteiger partial charge in [0.15, 0.2) is 0 Å². The molecule has 339 valence electrons. The van der Waals surface area contributed by atoms with Crippen LogP contribution in [0.5, 0.6) is 0 Å². The van der Waals surface area contributed by atoms with Crippen LogP contribution in [0.15, 0.2) is 261 Å². The van der Waals surface area contributed by atoms with Crippen LogP contribution in [0.3, 0.4) is 0 Å². The van der Waals surface area contributed by atoms with Gasteiger partial charge >= 0.3 is 366 Å². The van der Waals surface area contributed by atoms with E-state index < -0.39 is 15.4 Å². The number of rotatable bonds is 6. The van der Waals surface area contributed by atoms with E-state index in [9.17, 15) is 0 Å². The molecule has 0 bridgehead atoms. The molecular weight excluding hydrogens is 1010 g/mol. The zero-order valence-corrected chi connectivity index (χ0v) is 44.5. The third kappa shape index (κ3) is 6.97. The minimum absolute atomic E-state index is 0.563. The van der Waals surface area contributed by atoms with Gasteiger partial charge in [-0.25, -0.2) is 0 Å². The SMILES string of the molecule is [Ge][c]1ccccc1-c1cccc(-c2cccc3c(-c4c5cccc(-c6ccc7ccccc7c6)c5cc5c(-c6ccc7ccccc7c6)cccc45)c4cccc(-c5cccc6[c]5[Ge][c]5ccccc5-6)c4cc23)c1. The van der Waals surface area contributed by atoms with Crippen molar-refractivity contribution in [1.29, 1.82) is 0 Å². The molecule has 14 aromatic rings. The van der Waals surface area contributed by atoms with Crippen LogP contribution in [0.4, 0.5) is 0 Å². The Hall–Kier alpha value is -8.27. The molecule has 0 atom stereocenters. The Morgan fingerprint density at radius 3 is 1.16 bits per heavy atom. The number of fused-ring (bicyclic) bond motifs is 9. The Labute approximate surface area is 445 Å². The van der Waals surface area contributed by atoms with Gasteiger partial charge in [0.05, 0.1) is 0 Å². The van der Waals surface area contributed by atoms with E-state index in [1.807, 2.05) is 0 Å². The van der Waals surface area contributed by atoms with Crippen molar-refractivity contribution in [3.8, 4) is 77.9 Å². The molecule has 0 saturated carbocycles. The van der Waals surface area contributed by atoms with E-state index in [0.717, 1.165) is 0 Å². The predicted molar refractivity (Wildman–Crippen MR) is 320 cm³/mol. The minimum atomic E-state index is -0.563. The zero-order chi connectivity index (χ0) is 48.9. The van der Waals surface area contributed by atoms with Crippen LogP contribution in [0.25, 0.3) is 143 Å². The molecule has 0 saturated heterocycles. The first-order chi connectivity index (χ1) is 36.6. The molecule has 0 aliphatic carbocycles. The van der Waals surface area contributed by atoms with Crippen molar-refractivity contribution in [3.05, 3.63) is 261 Å². The summed E-state index contributed by atoms with van der Waals surface area (Å²) in [7, 11) is 0. The number of benzene rings is 14. The molecule has 1 heterocycles. The van der Waals surface area contributed by atoms with Crippen molar-refractivity contribution in [2.24, 2.45) is 0 Å². The average molecular weight is 1050 g/mol. The van der Waals surface area contributed by atoms with Gasteiger partial charge in [-0.1, -0.05) is 60.7 Å². The Bertz CT molecular complexity index is 4520. The maximum atomic E-state index is 2.54. The second-order valence-electron chi connectivity index (χ2n) is 19.8. The molecule has 5 radical (unpaired) electrons. The van der Waals surface area contributed by atoms with Crippen molar-refractivity contribution in [2.45, 2.75) is 0 Å². The number of hydrogen-bond acceptors (Lipinski definition) is 0. The third-order valence-corrected chi connectivity index (χ3v) is 19.7. The van der Waals surface area contributed by atoms with Crippen LogP contribution in [0, 0.1) is 0 Å². The van der Waals surface area contributed by atoms with E-state index in [2.05, 4.69) is 277 Å². The molecule has 0 fully saturated rings. The monoisotopic (exact) mass is 1060 g/mol. The van der Waals surface area contributed by atoms with E-state index in [1.165, 1.54) is 156 Å². The first-order valence-corrected chi connectivity index (χ1v) is 28.6. The molecule has 0 aromatic heterocycles. The van der Waals surface area contributed by atoms with Crippen LogP contribution < -0.4 is 13.2 Å². The van der Waals surface area contributed by atoms with Gasteiger partial charge in [0, 0.05) is 0 Å². The van der Waals surface area contributed by atoms with Gasteiger partial charge in [0.1, 0.15) is 0 Å². The molecule has 2 heteroatoms. The normalized spacial score (nSPS) is 12.1. The summed E-state index contributed by atoms with van der Waals surface area (Å²) in [6.07, 6.45) is 0. The van der Waals surface area contributed by atoms with Crippen molar-refractivity contribution in [3.63, 3.8) is 0 Å². The fourth-order valence-electron chi connectivity index (χ4n) is 12.3. The molecule has 0 nitrogen and oxygen atoms in total. The Balaban J connectivity index is 1.09. The van der Waals surface area contributed by atoms with Crippen LogP contribution in [0.1, 0.15) is 0 Å². The zero-order valence-electron chi connectivity index (χ0n) is 40.3. The first kappa shape index (κ1) is 43.3. The van der Waals surface area contributed by atoms with Crippen molar-refractivity contribution >= 4 is 110 Å². The van der Waals surface area contributed by atoms with Crippen molar-refractivity contribution < 1.29 is 0 Å². The van der Waals surface area contributed by atoms with Gasteiger partial charge in [0.2, 0.25) is 0 Å². The summed E-state index contributed by atoms with van der Waals surface area (Å²) >= 11 is 1.65. The average Bonchev–Trinajstić information content (AvgIpc) is 3.86. The van der Waals surface area contributed by atoms with Crippen molar-refractivity contribution in [2.75, 3.05) is 0 Å². The van der Waals surface area contributed by atoms with Crippen LogP contribution in [-0.4, -0.2) is 31.9 Å². The Morgan fingerprint density at radius 1 is 0.230 bits per heavy atom. The standard InChI is InChI=1S/C72H43Ge2/c73-68-33-7-5-21-55(68)49-20-9-19-48(41-49)52-23-10-27-60-66(52)43-67-56(62-31-14-32-63-57-22-6-8-34-69(57)74-72(62)63)26-13-30-61(67)71(60)70-58-28-11-24-53(50-37-35-44-15-1-3-17-46(44)39-50)64(58)42-65-54(25-12-29-59(65)70)51-38-36-45-16-2-4-18-47(45)40-51/h1-43H. The van der Waals surface area contributed by atoms with Gasteiger partial charge in [-0.2, -0.15) is 0 Å².